The van der Waals surface area contributed by atoms with Crippen molar-refractivity contribution < 1.29 is 14.1 Å². The molecule has 2 aromatic carbocycles. The van der Waals surface area contributed by atoms with Crippen molar-refractivity contribution in [2.75, 3.05) is 87.6 Å². The number of piperazine rings is 1. The van der Waals surface area contributed by atoms with E-state index in [4.69, 9.17) is 16.3 Å². The van der Waals surface area contributed by atoms with Gasteiger partial charge < -0.3 is 35.1 Å². The highest BCUT2D eigenvalue weighted by atomic mass is 35.5. The molecule has 2 saturated heterocycles. The number of carbonyl (C=O) groups excluding carboxylic acids is 1. The standard InChI is InChI=1S/C31H42ClN8O3P/c1-21(41)34-25-18-26(28(43-3)19-27(25)40-12-10-22(11-13-40)39-16-14-38(2)15-17-39)36-31-33-20-23(32)30(37-31)35-24-8-6-7-9-29(24)44(4,5)42/h6-9,18-20,22H,10-17H2,1-5H3,(H,34,41)(H2,33,35,36,37). The molecule has 44 heavy (non-hydrogen) atoms. The number of piperidine rings is 1. The maximum absolute atomic E-state index is 12.9. The summed E-state index contributed by atoms with van der Waals surface area (Å²) < 4.78 is 18.7. The zero-order valence-electron chi connectivity index (χ0n) is 26.1. The van der Waals surface area contributed by atoms with Crippen LogP contribution in [0.2, 0.25) is 5.02 Å². The average Bonchev–Trinajstić information content (AvgIpc) is 2.99. The highest BCUT2D eigenvalue weighted by molar-refractivity contribution is 7.70. The highest BCUT2D eigenvalue weighted by Gasteiger charge is 2.28. The fraction of sp³-hybridized carbons (Fsp3) is 0.452. The second-order valence-electron chi connectivity index (χ2n) is 11.8. The summed E-state index contributed by atoms with van der Waals surface area (Å²) in [6.45, 7) is 11.2. The summed E-state index contributed by atoms with van der Waals surface area (Å²) in [7, 11) is 1.24. The molecule has 13 heteroatoms. The molecule has 0 saturated carbocycles. The van der Waals surface area contributed by atoms with E-state index in [-0.39, 0.29) is 11.9 Å². The lowest BCUT2D eigenvalue weighted by atomic mass is 10.0. The van der Waals surface area contributed by atoms with E-state index >= 15 is 0 Å². The van der Waals surface area contributed by atoms with Crippen molar-refractivity contribution in [2.45, 2.75) is 25.8 Å². The van der Waals surface area contributed by atoms with Crippen molar-refractivity contribution >= 4 is 64.5 Å². The van der Waals surface area contributed by atoms with E-state index in [0.717, 1.165) is 57.8 Å². The number of nitrogens with one attached hydrogen (secondary N) is 3. The molecule has 3 N–H and O–H groups in total. The SMILES string of the molecule is COc1cc(N2CCC(N3CCN(C)CC3)CC2)c(NC(C)=O)cc1Nc1ncc(Cl)c(Nc2ccccc2P(C)(C)=O)n1. The van der Waals surface area contributed by atoms with Crippen LogP contribution in [0.1, 0.15) is 19.8 Å². The fourth-order valence-corrected chi connectivity index (χ4v) is 7.15. The van der Waals surface area contributed by atoms with Gasteiger partial charge in [-0.25, -0.2) is 4.98 Å². The molecule has 2 aliphatic rings. The first-order chi connectivity index (χ1) is 21.0. The Bertz CT molecular complexity index is 1530. The summed E-state index contributed by atoms with van der Waals surface area (Å²) >= 11 is 6.46. The largest absolute Gasteiger partial charge is 0.494 e. The number of halogens is 1. The van der Waals surface area contributed by atoms with E-state index in [1.54, 1.807) is 20.4 Å². The predicted molar refractivity (Wildman–Crippen MR) is 181 cm³/mol. The number of para-hydroxylation sites is 1. The number of nitrogens with zero attached hydrogens (tertiary/aromatic N) is 5. The third-order valence-electron chi connectivity index (χ3n) is 8.22. The number of methoxy groups -OCH3 is 1. The predicted octanol–water partition coefficient (Wildman–Crippen LogP) is 5.05. The number of hydrogen-bond acceptors (Lipinski definition) is 10. The molecule has 3 heterocycles. The maximum Gasteiger partial charge on any atom is 0.229 e. The van der Waals surface area contributed by atoms with Gasteiger partial charge in [-0.3, -0.25) is 9.69 Å². The molecular formula is C31H42ClN8O3P. The second-order valence-corrected chi connectivity index (χ2v) is 15.4. The average molecular weight is 641 g/mol. The number of benzene rings is 2. The minimum absolute atomic E-state index is 0.160. The van der Waals surface area contributed by atoms with Gasteiger partial charge in [0.15, 0.2) is 5.82 Å². The molecule has 2 fully saturated rings. The number of ether oxygens (including phenoxy) is 1. The lowest BCUT2D eigenvalue weighted by molar-refractivity contribution is -0.114. The van der Waals surface area contributed by atoms with E-state index < -0.39 is 7.14 Å². The van der Waals surface area contributed by atoms with Crippen LogP contribution in [0.3, 0.4) is 0 Å². The molecule has 1 aromatic heterocycles. The third-order valence-corrected chi connectivity index (χ3v) is 10.0. The lowest BCUT2D eigenvalue weighted by Crippen LogP contribution is -2.52. The van der Waals surface area contributed by atoms with Crippen LogP contribution in [-0.4, -0.2) is 98.5 Å². The summed E-state index contributed by atoms with van der Waals surface area (Å²) in [5.41, 5.74) is 2.85. The molecule has 2 aliphatic heterocycles. The van der Waals surface area contributed by atoms with Gasteiger partial charge in [-0.15, -0.1) is 0 Å². The van der Waals surface area contributed by atoms with Crippen LogP contribution >= 0.6 is 18.7 Å². The maximum atomic E-state index is 12.9. The Morgan fingerprint density at radius 3 is 2.36 bits per heavy atom. The van der Waals surface area contributed by atoms with Crippen molar-refractivity contribution in [1.29, 1.82) is 0 Å². The Balaban J connectivity index is 1.38. The van der Waals surface area contributed by atoms with E-state index in [2.05, 4.69) is 47.7 Å². The Morgan fingerprint density at radius 2 is 1.70 bits per heavy atom. The first-order valence-electron chi connectivity index (χ1n) is 14.9. The van der Waals surface area contributed by atoms with Crippen LogP contribution < -0.4 is 30.9 Å². The van der Waals surface area contributed by atoms with Crippen LogP contribution in [0.25, 0.3) is 0 Å². The second kappa shape index (κ2) is 13.7. The molecule has 1 amide bonds. The number of rotatable bonds is 9. The van der Waals surface area contributed by atoms with Crippen LogP contribution in [-0.2, 0) is 9.36 Å². The number of hydrogen-bond donors (Lipinski definition) is 3. The first kappa shape index (κ1) is 32.0. The van der Waals surface area contributed by atoms with Crippen LogP contribution in [0.4, 0.5) is 34.5 Å². The van der Waals surface area contributed by atoms with Crippen molar-refractivity contribution in [3.63, 3.8) is 0 Å². The van der Waals surface area contributed by atoms with Crippen molar-refractivity contribution in [3.8, 4) is 5.75 Å². The Labute approximate surface area is 264 Å². The molecule has 5 rings (SSSR count). The fourth-order valence-electron chi connectivity index (χ4n) is 5.86. The normalized spacial score (nSPS) is 16.9. The first-order valence-corrected chi connectivity index (χ1v) is 17.9. The number of aromatic nitrogens is 2. The number of likely N-dealkylation sites (N-methyl/N-ethyl adjacent to an activating group) is 1. The number of carbonyl (C=O) groups is 1. The molecular weight excluding hydrogens is 599 g/mol. The highest BCUT2D eigenvalue weighted by Crippen LogP contribution is 2.41. The van der Waals surface area contributed by atoms with Crippen LogP contribution in [0.15, 0.2) is 42.6 Å². The summed E-state index contributed by atoms with van der Waals surface area (Å²) in [5.74, 6) is 1.07. The summed E-state index contributed by atoms with van der Waals surface area (Å²) in [6.07, 6.45) is 3.63. The zero-order valence-corrected chi connectivity index (χ0v) is 27.7. The van der Waals surface area contributed by atoms with Gasteiger partial charge in [0, 0.05) is 63.6 Å². The third kappa shape index (κ3) is 7.64. The van der Waals surface area contributed by atoms with Gasteiger partial charge in [-0.05, 0) is 51.4 Å². The summed E-state index contributed by atoms with van der Waals surface area (Å²) in [6, 6.07) is 11.8. The van der Waals surface area contributed by atoms with Gasteiger partial charge >= 0.3 is 0 Å². The van der Waals surface area contributed by atoms with Crippen molar-refractivity contribution in [2.24, 2.45) is 0 Å². The van der Waals surface area contributed by atoms with Gasteiger partial charge in [0.1, 0.15) is 17.9 Å². The Morgan fingerprint density at radius 1 is 1.00 bits per heavy atom. The minimum Gasteiger partial charge on any atom is -0.494 e. The quantitative estimate of drug-likeness (QED) is 0.275. The van der Waals surface area contributed by atoms with Crippen molar-refractivity contribution in [3.05, 3.63) is 47.6 Å². The molecule has 0 atom stereocenters. The molecule has 0 unspecified atom stereocenters. The molecule has 11 nitrogen and oxygen atoms in total. The molecule has 0 aliphatic carbocycles. The van der Waals surface area contributed by atoms with Gasteiger partial charge in [0.05, 0.1) is 36.1 Å². The molecule has 0 spiro atoms. The molecule has 0 bridgehead atoms. The summed E-state index contributed by atoms with van der Waals surface area (Å²) in [4.78, 5) is 28.6. The molecule has 236 valence electrons. The molecule has 0 radical (unpaired) electrons. The van der Waals surface area contributed by atoms with Gasteiger partial charge in [0.2, 0.25) is 11.9 Å². The van der Waals surface area contributed by atoms with Crippen LogP contribution in [0, 0.1) is 0 Å². The topological polar surface area (TPSA) is 115 Å². The lowest BCUT2D eigenvalue weighted by Gasteiger charge is -2.43. The Hall–Kier alpha value is -3.37. The van der Waals surface area contributed by atoms with Gasteiger partial charge in [0.25, 0.3) is 0 Å². The van der Waals surface area contributed by atoms with E-state index in [0.29, 0.717) is 45.0 Å². The summed E-state index contributed by atoms with van der Waals surface area (Å²) in [5, 5.41) is 10.5. The van der Waals surface area contributed by atoms with E-state index in [1.165, 1.54) is 13.1 Å². The minimum atomic E-state index is -2.56. The van der Waals surface area contributed by atoms with Crippen molar-refractivity contribution in [1.82, 2.24) is 19.8 Å². The monoisotopic (exact) mass is 640 g/mol. The van der Waals surface area contributed by atoms with E-state index in [1.807, 2.05) is 36.4 Å². The number of amides is 1. The Kier molecular flexibility index (Phi) is 10.00. The number of anilines is 6. The van der Waals surface area contributed by atoms with Crippen LogP contribution in [0.5, 0.6) is 5.75 Å². The van der Waals surface area contributed by atoms with Gasteiger partial charge in [-0.2, -0.15) is 4.98 Å². The van der Waals surface area contributed by atoms with E-state index in [9.17, 15) is 9.36 Å². The molecule has 3 aromatic rings. The zero-order chi connectivity index (χ0) is 31.4. The smallest absolute Gasteiger partial charge is 0.229 e. The van der Waals surface area contributed by atoms with Gasteiger partial charge in [-0.1, -0.05) is 23.7 Å².